The van der Waals surface area contributed by atoms with Crippen molar-refractivity contribution in [3.05, 3.63) is 71.9 Å². The van der Waals surface area contributed by atoms with Gasteiger partial charge in [-0.05, 0) is 30.0 Å². The lowest BCUT2D eigenvalue weighted by atomic mass is 9.91. The fraction of sp³-hybridized carbons (Fsp3) is 0.300. The van der Waals surface area contributed by atoms with Gasteiger partial charge < -0.3 is 4.98 Å². The maximum absolute atomic E-state index is 12.6. The van der Waals surface area contributed by atoms with E-state index in [1.807, 2.05) is 42.6 Å². The predicted molar refractivity (Wildman–Crippen MR) is 104 cm³/mol. The highest BCUT2D eigenvalue weighted by molar-refractivity contribution is 7.87. The van der Waals surface area contributed by atoms with Crippen molar-refractivity contribution >= 4 is 21.1 Å². The van der Waals surface area contributed by atoms with E-state index in [1.165, 1.54) is 0 Å². The van der Waals surface area contributed by atoms with Crippen molar-refractivity contribution in [1.29, 1.82) is 0 Å². The number of hydrogen-bond donors (Lipinski definition) is 2. The van der Waals surface area contributed by atoms with Crippen molar-refractivity contribution in [3.63, 3.8) is 0 Å². The largest absolute Gasteiger partial charge is 0.361 e. The zero-order chi connectivity index (χ0) is 18.0. The molecule has 0 aliphatic carbocycles. The summed E-state index contributed by atoms with van der Waals surface area (Å²) in [7, 11) is -3.43. The molecule has 0 bridgehead atoms. The van der Waals surface area contributed by atoms with Gasteiger partial charge in [-0.15, -0.1) is 0 Å². The van der Waals surface area contributed by atoms with Gasteiger partial charge in [-0.1, -0.05) is 48.5 Å². The maximum Gasteiger partial charge on any atom is 0.279 e. The molecule has 3 aromatic rings. The second-order valence-electron chi connectivity index (χ2n) is 6.71. The lowest BCUT2D eigenvalue weighted by Gasteiger charge is -2.21. The minimum absolute atomic E-state index is 0.0512. The molecule has 2 heterocycles. The van der Waals surface area contributed by atoms with E-state index in [1.54, 1.807) is 4.31 Å². The Morgan fingerprint density at radius 1 is 1.00 bits per heavy atom. The van der Waals surface area contributed by atoms with Crippen LogP contribution in [-0.2, 0) is 10.2 Å². The molecule has 2 aromatic carbocycles. The van der Waals surface area contributed by atoms with E-state index in [4.69, 9.17) is 0 Å². The third-order valence-corrected chi connectivity index (χ3v) is 6.65. The Hall–Kier alpha value is -2.15. The fourth-order valence-corrected chi connectivity index (χ4v) is 4.98. The van der Waals surface area contributed by atoms with E-state index in [0.29, 0.717) is 19.6 Å². The van der Waals surface area contributed by atoms with Crippen molar-refractivity contribution in [2.75, 3.05) is 19.6 Å². The molecule has 1 saturated heterocycles. The van der Waals surface area contributed by atoms with Gasteiger partial charge in [0, 0.05) is 42.7 Å². The molecule has 0 amide bonds. The first-order valence-electron chi connectivity index (χ1n) is 9.01. The van der Waals surface area contributed by atoms with Gasteiger partial charge in [-0.25, -0.2) is 4.72 Å². The minimum Gasteiger partial charge on any atom is -0.361 e. The fourth-order valence-electron chi connectivity index (χ4n) is 3.68. The zero-order valence-electron chi connectivity index (χ0n) is 14.6. The molecule has 1 aliphatic heterocycles. The standard InChI is InChI=1S/C20H23N3O2S/c24-26(25,23-12-6-7-13-23)22-15-18(16-8-2-1-3-9-16)19-14-21-20-11-5-4-10-17(19)20/h1-5,8-11,14,18,21-22H,6-7,12-13,15H2. The molecule has 1 aliphatic rings. The summed E-state index contributed by atoms with van der Waals surface area (Å²) in [5, 5.41) is 1.13. The summed E-state index contributed by atoms with van der Waals surface area (Å²) < 4.78 is 29.6. The molecule has 1 fully saturated rings. The number of aromatic amines is 1. The van der Waals surface area contributed by atoms with Crippen molar-refractivity contribution in [2.24, 2.45) is 0 Å². The van der Waals surface area contributed by atoms with E-state index in [9.17, 15) is 8.42 Å². The van der Waals surface area contributed by atoms with Crippen molar-refractivity contribution in [3.8, 4) is 0 Å². The summed E-state index contributed by atoms with van der Waals surface area (Å²) in [4.78, 5) is 3.30. The highest BCUT2D eigenvalue weighted by Gasteiger charge is 2.27. The number of H-pyrrole nitrogens is 1. The molecule has 0 spiro atoms. The van der Waals surface area contributed by atoms with Crippen LogP contribution in [0.25, 0.3) is 10.9 Å². The summed E-state index contributed by atoms with van der Waals surface area (Å²) in [6.45, 7) is 1.56. The average Bonchev–Trinajstić information content (AvgIpc) is 3.34. The van der Waals surface area contributed by atoms with Crippen molar-refractivity contribution < 1.29 is 8.42 Å². The second-order valence-corrected chi connectivity index (χ2v) is 8.47. The van der Waals surface area contributed by atoms with Gasteiger partial charge in [-0.2, -0.15) is 12.7 Å². The Morgan fingerprint density at radius 2 is 1.69 bits per heavy atom. The average molecular weight is 369 g/mol. The van der Waals surface area contributed by atoms with Crippen LogP contribution in [0.15, 0.2) is 60.8 Å². The van der Waals surface area contributed by atoms with Crippen LogP contribution >= 0.6 is 0 Å². The SMILES string of the molecule is O=S(=O)(NCC(c1ccccc1)c1c[nH]c2ccccc12)N1CCCC1. The third-order valence-electron chi connectivity index (χ3n) is 5.07. The van der Waals surface area contributed by atoms with Gasteiger partial charge in [-0.3, -0.25) is 0 Å². The minimum atomic E-state index is -3.43. The molecule has 2 N–H and O–H groups in total. The van der Waals surface area contributed by atoms with Gasteiger partial charge in [0.05, 0.1) is 0 Å². The predicted octanol–water partition coefficient (Wildman–Crippen LogP) is 3.23. The van der Waals surface area contributed by atoms with E-state index >= 15 is 0 Å². The van der Waals surface area contributed by atoms with Crippen LogP contribution < -0.4 is 4.72 Å². The molecule has 1 unspecified atom stereocenters. The van der Waals surface area contributed by atoms with E-state index in [0.717, 1.165) is 34.9 Å². The van der Waals surface area contributed by atoms with E-state index in [-0.39, 0.29) is 5.92 Å². The Bertz CT molecular complexity index is 976. The monoisotopic (exact) mass is 369 g/mol. The first-order valence-corrected chi connectivity index (χ1v) is 10.4. The topological polar surface area (TPSA) is 65.2 Å². The van der Waals surface area contributed by atoms with Crippen LogP contribution in [0, 0.1) is 0 Å². The molecule has 0 saturated carbocycles. The quantitative estimate of drug-likeness (QED) is 0.701. The maximum atomic E-state index is 12.6. The molecular weight excluding hydrogens is 346 g/mol. The molecule has 6 heteroatoms. The number of aromatic nitrogens is 1. The molecular formula is C20H23N3O2S. The first-order chi connectivity index (χ1) is 12.6. The van der Waals surface area contributed by atoms with E-state index in [2.05, 4.69) is 27.9 Å². The smallest absolute Gasteiger partial charge is 0.279 e. The lowest BCUT2D eigenvalue weighted by molar-refractivity contribution is 0.463. The highest BCUT2D eigenvalue weighted by atomic mass is 32.2. The van der Waals surface area contributed by atoms with Crippen LogP contribution in [-0.4, -0.2) is 37.3 Å². The lowest BCUT2D eigenvalue weighted by Crippen LogP contribution is -2.40. The molecule has 4 rings (SSSR count). The second kappa shape index (κ2) is 7.23. The van der Waals surface area contributed by atoms with Crippen molar-refractivity contribution in [1.82, 2.24) is 14.0 Å². The normalized spacial score (nSPS) is 16.9. The number of benzene rings is 2. The Kier molecular flexibility index (Phi) is 4.80. The summed E-state index contributed by atoms with van der Waals surface area (Å²) in [6.07, 6.45) is 3.86. The van der Waals surface area contributed by atoms with Crippen LogP contribution in [0.3, 0.4) is 0 Å². The van der Waals surface area contributed by atoms with Gasteiger partial charge >= 0.3 is 0 Å². The Labute approximate surface area is 154 Å². The molecule has 0 radical (unpaired) electrons. The third kappa shape index (κ3) is 3.40. The van der Waals surface area contributed by atoms with Crippen LogP contribution in [0.2, 0.25) is 0 Å². The van der Waals surface area contributed by atoms with Crippen LogP contribution in [0.5, 0.6) is 0 Å². The number of nitrogens with zero attached hydrogens (tertiary/aromatic N) is 1. The Morgan fingerprint density at radius 3 is 2.46 bits per heavy atom. The van der Waals surface area contributed by atoms with Gasteiger partial charge in [0.25, 0.3) is 10.2 Å². The Balaban J connectivity index is 1.66. The van der Waals surface area contributed by atoms with Crippen LogP contribution in [0.1, 0.15) is 29.9 Å². The zero-order valence-corrected chi connectivity index (χ0v) is 15.4. The number of nitrogens with one attached hydrogen (secondary N) is 2. The summed E-state index contributed by atoms with van der Waals surface area (Å²) >= 11 is 0. The number of hydrogen-bond acceptors (Lipinski definition) is 2. The van der Waals surface area contributed by atoms with Gasteiger partial charge in [0.1, 0.15) is 0 Å². The number of para-hydroxylation sites is 1. The highest BCUT2D eigenvalue weighted by Crippen LogP contribution is 2.30. The molecule has 136 valence electrons. The van der Waals surface area contributed by atoms with E-state index < -0.39 is 10.2 Å². The number of fused-ring (bicyclic) bond motifs is 1. The summed E-state index contributed by atoms with van der Waals surface area (Å²) in [5.74, 6) is -0.0512. The molecule has 1 aromatic heterocycles. The first kappa shape index (κ1) is 17.3. The molecule has 1 atom stereocenters. The van der Waals surface area contributed by atoms with Gasteiger partial charge in [0.2, 0.25) is 0 Å². The summed E-state index contributed by atoms with van der Waals surface area (Å²) in [5.41, 5.74) is 3.27. The number of rotatable bonds is 6. The summed E-state index contributed by atoms with van der Waals surface area (Å²) in [6, 6.07) is 18.2. The van der Waals surface area contributed by atoms with Crippen molar-refractivity contribution in [2.45, 2.75) is 18.8 Å². The molecule has 5 nitrogen and oxygen atoms in total. The molecule has 26 heavy (non-hydrogen) atoms. The van der Waals surface area contributed by atoms with Gasteiger partial charge in [0.15, 0.2) is 0 Å². The van der Waals surface area contributed by atoms with Crippen LogP contribution in [0.4, 0.5) is 0 Å².